The Morgan fingerprint density at radius 3 is 2.17 bits per heavy atom. The van der Waals surface area contributed by atoms with Crippen molar-refractivity contribution in [2.75, 3.05) is 6.54 Å². The normalized spacial score (nSPS) is 27.0. The van der Waals surface area contributed by atoms with Crippen LogP contribution in [0.2, 0.25) is 5.02 Å². The molecule has 2 aromatic carbocycles. The molecule has 1 saturated carbocycles. The summed E-state index contributed by atoms with van der Waals surface area (Å²) < 4.78 is 25.9. The van der Waals surface area contributed by atoms with E-state index in [-0.39, 0.29) is 17.4 Å². The van der Waals surface area contributed by atoms with Crippen molar-refractivity contribution in [2.45, 2.75) is 28.5 Å². The van der Waals surface area contributed by atoms with Crippen molar-refractivity contribution >= 4 is 21.4 Å². The van der Waals surface area contributed by atoms with Gasteiger partial charge in [-0.2, -0.15) is 0 Å². The molecule has 0 aromatic heterocycles. The Morgan fingerprint density at radius 2 is 1.65 bits per heavy atom. The number of hydrogen-bond donors (Lipinski definition) is 2. The van der Waals surface area contributed by atoms with Crippen molar-refractivity contribution in [3.05, 3.63) is 64.7 Å². The summed E-state index contributed by atoms with van der Waals surface area (Å²) in [6.07, 6.45) is 0. The zero-order chi connectivity index (χ0) is 16.8. The molecule has 23 heavy (non-hydrogen) atoms. The first-order valence-corrected chi connectivity index (χ1v) is 9.28. The Hall–Kier alpha value is -1.40. The number of rotatable bonds is 4. The van der Waals surface area contributed by atoms with Crippen LogP contribution >= 0.6 is 11.6 Å². The molecule has 0 unspecified atom stereocenters. The van der Waals surface area contributed by atoms with Gasteiger partial charge in [0, 0.05) is 17.5 Å². The first-order valence-electron chi connectivity index (χ1n) is 7.35. The van der Waals surface area contributed by atoms with Crippen molar-refractivity contribution in [3.8, 4) is 0 Å². The largest absolute Gasteiger partial charge is 0.329 e. The Kier molecular flexibility index (Phi) is 4.01. The molecule has 0 radical (unpaired) electrons. The third-order valence-corrected chi connectivity index (χ3v) is 7.13. The minimum atomic E-state index is -3.55. The first kappa shape index (κ1) is 16.5. The molecular weight excluding hydrogens is 332 g/mol. The van der Waals surface area contributed by atoms with Gasteiger partial charge in [-0.25, -0.2) is 8.42 Å². The van der Waals surface area contributed by atoms with E-state index in [0.717, 1.165) is 11.1 Å². The standard InChI is InChI=1S/C17H19ClN2O2S/c1-11-2-8-14(9-3-11)23(21,22)16-15(17(16,20)10-19)12-4-6-13(18)7-5-12/h2-9,15-16H,10,19-20H2,1H3/t15-,16+,17-/m0/s1. The molecule has 3 atom stereocenters. The summed E-state index contributed by atoms with van der Waals surface area (Å²) in [5, 5.41) is -0.119. The van der Waals surface area contributed by atoms with Gasteiger partial charge in [-0.3, -0.25) is 0 Å². The molecule has 4 nitrogen and oxygen atoms in total. The van der Waals surface area contributed by atoms with Gasteiger partial charge in [0.25, 0.3) is 0 Å². The average Bonchev–Trinajstić information content (AvgIpc) is 3.16. The van der Waals surface area contributed by atoms with Crippen LogP contribution in [0.5, 0.6) is 0 Å². The van der Waals surface area contributed by atoms with Crippen LogP contribution in [0.3, 0.4) is 0 Å². The summed E-state index contributed by atoms with van der Waals surface area (Å²) in [5.74, 6) is -0.323. The molecule has 4 N–H and O–H groups in total. The van der Waals surface area contributed by atoms with Gasteiger partial charge in [-0.15, -0.1) is 0 Å². The van der Waals surface area contributed by atoms with E-state index in [9.17, 15) is 8.42 Å². The van der Waals surface area contributed by atoms with E-state index in [1.54, 1.807) is 36.4 Å². The molecule has 0 saturated heterocycles. The molecule has 1 aliphatic rings. The molecule has 0 amide bonds. The maximum Gasteiger partial charge on any atom is 0.183 e. The summed E-state index contributed by atoms with van der Waals surface area (Å²) in [6, 6.07) is 13.9. The Labute approximate surface area is 141 Å². The Morgan fingerprint density at radius 1 is 1.09 bits per heavy atom. The smallest absolute Gasteiger partial charge is 0.183 e. The molecular formula is C17H19ClN2O2S. The van der Waals surface area contributed by atoms with Gasteiger partial charge in [-0.1, -0.05) is 41.4 Å². The number of sulfone groups is 1. The fourth-order valence-corrected chi connectivity index (χ4v) is 5.61. The van der Waals surface area contributed by atoms with E-state index in [4.69, 9.17) is 23.1 Å². The van der Waals surface area contributed by atoms with Crippen LogP contribution in [-0.4, -0.2) is 25.8 Å². The zero-order valence-corrected chi connectivity index (χ0v) is 14.3. The Balaban J connectivity index is 2.01. The van der Waals surface area contributed by atoms with E-state index in [1.807, 2.05) is 19.1 Å². The van der Waals surface area contributed by atoms with Crippen molar-refractivity contribution in [2.24, 2.45) is 11.5 Å². The predicted octanol–water partition coefficient (Wildman–Crippen LogP) is 2.24. The fraction of sp³-hybridized carbons (Fsp3) is 0.294. The van der Waals surface area contributed by atoms with Gasteiger partial charge in [0.15, 0.2) is 9.84 Å². The second-order valence-corrected chi connectivity index (χ2v) is 8.63. The maximum absolute atomic E-state index is 13.0. The molecule has 1 aliphatic carbocycles. The molecule has 2 aromatic rings. The van der Waals surface area contributed by atoms with Crippen LogP contribution in [0, 0.1) is 6.92 Å². The van der Waals surface area contributed by atoms with Gasteiger partial charge < -0.3 is 11.5 Å². The molecule has 0 aliphatic heterocycles. The van der Waals surface area contributed by atoms with Crippen LogP contribution in [0.25, 0.3) is 0 Å². The predicted molar refractivity (Wildman–Crippen MR) is 92.3 cm³/mol. The van der Waals surface area contributed by atoms with Crippen LogP contribution in [0.4, 0.5) is 0 Å². The second kappa shape index (κ2) is 5.60. The first-order chi connectivity index (χ1) is 10.8. The number of halogens is 1. The van der Waals surface area contributed by atoms with Crippen molar-refractivity contribution in [1.82, 2.24) is 0 Å². The van der Waals surface area contributed by atoms with E-state index < -0.39 is 20.6 Å². The summed E-state index contributed by atoms with van der Waals surface area (Å²) in [4.78, 5) is 0.285. The van der Waals surface area contributed by atoms with Crippen molar-refractivity contribution in [1.29, 1.82) is 0 Å². The van der Waals surface area contributed by atoms with E-state index in [1.165, 1.54) is 0 Å². The average molecular weight is 351 g/mol. The number of benzene rings is 2. The second-order valence-electron chi connectivity index (χ2n) is 6.12. The highest BCUT2D eigenvalue weighted by Gasteiger charge is 2.68. The molecule has 0 heterocycles. The van der Waals surface area contributed by atoms with Gasteiger partial charge in [0.1, 0.15) is 0 Å². The highest BCUT2D eigenvalue weighted by Crippen LogP contribution is 2.55. The fourth-order valence-electron chi connectivity index (χ4n) is 3.16. The van der Waals surface area contributed by atoms with E-state index in [0.29, 0.717) is 5.02 Å². The highest BCUT2D eigenvalue weighted by molar-refractivity contribution is 7.92. The lowest BCUT2D eigenvalue weighted by molar-refractivity contribution is 0.586. The van der Waals surface area contributed by atoms with Gasteiger partial charge in [0.2, 0.25) is 0 Å². The van der Waals surface area contributed by atoms with Gasteiger partial charge >= 0.3 is 0 Å². The number of nitrogens with two attached hydrogens (primary N) is 2. The Bertz CT molecular complexity index is 819. The summed E-state index contributed by atoms with van der Waals surface area (Å²) >= 11 is 5.90. The molecule has 1 fully saturated rings. The molecule has 122 valence electrons. The highest BCUT2D eigenvalue weighted by atomic mass is 35.5. The lowest BCUT2D eigenvalue weighted by Crippen LogP contribution is -2.39. The minimum Gasteiger partial charge on any atom is -0.329 e. The zero-order valence-electron chi connectivity index (χ0n) is 12.7. The van der Waals surface area contributed by atoms with E-state index >= 15 is 0 Å². The monoisotopic (exact) mass is 350 g/mol. The minimum absolute atomic E-state index is 0.107. The van der Waals surface area contributed by atoms with Crippen LogP contribution < -0.4 is 11.5 Å². The quantitative estimate of drug-likeness (QED) is 0.885. The summed E-state index contributed by atoms with van der Waals surface area (Å²) in [5.41, 5.74) is 13.0. The third-order valence-electron chi connectivity index (χ3n) is 4.57. The van der Waals surface area contributed by atoms with Gasteiger partial charge in [0.05, 0.1) is 15.7 Å². The lowest BCUT2D eigenvalue weighted by Gasteiger charge is -2.09. The summed E-state index contributed by atoms with van der Waals surface area (Å²) in [7, 11) is -3.55. The molecule has 3 rings (SSSR count). The van der Waals surface area contributed by atoms with Crippen molar-refractivity contribution in [3.63, 3.8) is 0 Å². The number of aryl methyl sites for hydroxylation is 1. The maximum atomic E-state index is 13.0. The third kappa shape index (κ3) is 2.68. The lowest BCUT2D eigenvalue weighted by atomic mass is 10.1. The van der Waals surface area contributed by atoms with Crippen molar-refractivity contribution < 1.29 is 8.42 Å². The van der Waals surface area contributed by atoms with Crippen LogP contribution in [-0.2, 0) is 9.84 Å². The molecule has 0 spiro atoms. The molecule has 0 bridgehead atoms. The van der Waals surface area contributed by atoms with Crippen LogP contribution in [0.1, 0.15) is 17.0 Å². The number of hydrogen-bond acceptors (Lipinski definition) is 4. The molecule has 6 heteroatoms. The van der Waals surface area contributed by atoms with Gasteiger partial charge in [-0.05, 0) is 36.8 Å². The van der Waals surface area contributed by atoms with Crippen LogP contribution in [0.15, 0.2) is 53.4 Å². The van der Waals surface area contributed by atoms with E-state index in [2.05, 4.69) is 0 Å². The summed E-state index contributed by atoms with van der Waals surface area (Å²) in [6.45, 7) is 2.02. The topological polar surface area (TPSA) is 86.2 Å². The SMILES string of the molecule is Cc1ccc(S(=O)(=O)[C@@H]2[C@H](c3ccc(Cl)cc3)[C@@]2(N)CN)cc1.